The van der Waals surface area contributed by atoms with Gasteiger partial charge in [-0.3, -0.25) is 14.6 Å². The Morgan fingerprint density at radius 3 is 2.33 bits per heavy atom. The van der Waals surface area contributed by atoms with Gasteiger partial charge >= 0.3 is 0 Å². The summed E-state index contributed by atoms with van der Waals surface area (Å²) in [6, 6.07) is 5.95. The first-order valence-electron chi connectivity index (χ1n) is 5.87. The standard InChI is InChI=1S/C14H12ClNO5/c1-20-12-11(18)9(13(19)16-14(12)21-2)10(17)7-3-5-8(15)6-4-7/h3-6H,1-2H3,(H2,16,18,19). The van der Waals surface area contributed by atoms with Crippen molar-refractivity contribution in [1.82, 2.24) is 4.98 Å². The number of H-pyrrole nitrogens is 1. The zero-order valence-electron chi connectivity index (χ0n) is 11.3. The molecule has 0 saturated carbocycles. The number of methoxy groups -OCH3 is 2. The number of hydrogen-bond donors (Lipinski definition) is 2. The van der Waals surface area contributed by atoms with Crippen molar-refractivity contribution in [3.8, 4) is 17.4 Å². The van der Waals surface area contributed by atoms with Crippen LogP contribution in [0.4, 0.5) is 0 Å². The number of aromatic nitrogens is 1. The Labute approximate surface area is 124 Å². The Bertz CT molecular complexity index is 736. The molecule has 2 aromatic rings. The third-order valence-electron chi connectivity index (χ3n) is 2.85. The van der Waals surface area contributed by atoms with Crippen molar-refractivity contribution >= 4 is 17.4 Å². The topological polar surface area (TPSA) is 88.6 Å². The Hall–Kier alpha value is -2.47. The number of aromatic hydroxyl groups is 1. The van der Waals surface area contributed by atoms with Crippen LogP contribution >= 0.6 is 11.6 Å². The van der Waals surface area contributed by atoms with E-state index in [9.17, 15) is 14.7 Å². The van der Waals surface area contributed by atoms with E-state index >= 15 is 0 Å². The molecule has 0 amide bonds. The Morgan fingerprint density at radius 2 is 1.81 bits per heavy atom. The molecule has 2 rings (SSSR count). The lowest BCUT2D eigenvalue weighted by Gasteiger charge is -2.11. The predicted molar refractivity (Wildman–Crippen MR) is 76.7 cm³/mol. The van der Waals surface area contributed by atoms with Gasteiger partial charge in [0.25, 0.3) is 5.56 Å². The highest BCUT2D eigenvalue weighted by atomic mass is 35.5. The van der Waals surface area contributed by atoms with Crippen LogP contribution in [0.15, 0.2) is 29.1 Å². The summed E-state index contributed by atoms with van der Waals surface area (Å²) >= 11 is 5.75. The number of benzene rings is 1. The highest BCUT2D eigenvalue weighted by Gasteiger charge is 2.24. The van der Waals surface area contributed by atoms with Gasteiger partial charge in [-0.2, -0.15) is 0 Å². The quantitative estimate of drug-likeness (QED) is 0.843. The minimum Gasteiger partial charge on any atom is -0.503 e. The van der Waals surface area contributed by atoms with Crippen LogP contribution in [0.2, 0.25) is 5.02 Å². The molecular weight excluding hydrogens is 298 g/mol. The van der Waals surface area contributed by atoms with E-state index in [1.165, 1.54) is 38.5 Å². The van der Waals surface area contributed by atoms with Gasteiger partial charge in [-0.1, -0.05) is 11.6 Å². The maximum absolute atomic E-state index is 12.3. The minimum atomic E-state index is -0.773. The highest BCUT2D eigenvalue weighted by molar-refractivity contribution is 6.30. The minimum absolute atomic E-state index is 0.0624. The van der Waals surface area contributed by atoms with Crippen LogP contribution in [-0.2, 0) is 0 Å². The fourth-order valence-corrected chi connectivity index (χ4v) is 1.97. The van der Waals surface area contributed by atoms with Crippen LogP contribution in [0.3, 0.4) is 0 Å². The predicted octanol–water partition coefficient (Wildman–Crippen LogP) is 1.98. The van der Waals surface area contributed by atoms with Gasteiger partial charge in [-0.05, 0) is 24.3 Å². The molecule has 21 heavy (non-hydrogen) atoms. The smallest absolute Gasteiger partial charge is 0.266 e. The molecule has 7 heteroatoms. The van der Waals surface area contributed by atoms with E-state index in [0.29, 0.717) is 5.02 Å². The molecule has 0 unspecified atom stereocenters. The zero-order valence-corrected chi connectivity index (χ0v) is 12.0. The second kappa shape index (κ2) is 5.88. The third-order valence-corrected chi connectivity index (χ3v) is 3.11. The van der Waals surface area contributed by atoms with Gasteiger partial charge < -0.3 is 14.6 Å². The molecule has 1 heterocycles. The van der Waals surface area contributed by atoms with Gasteiger partial charge in [0, 0.05) is 10.6 Å². The SMILES string of the molecule is COc1[nH]c(=O)c(C(=O)c2ccc(Cl)cc2)c(O)c1OC. The molecule has 1 aromatic heterocycles. The summed E-state index contributed by atoms with van der Waals surface area (Å²) in [6.07, 6.45) is 0. The van der Waals surface area contributed by atoms with E-state index in [1.807, 2.05) is 0 Å². The van der Waals surface area contributed by atoms with E-state index in [4.69, 9.17) is 21.1 Å². The van der Waals surface area contributed by atoms with Crippen molar-refractivity contribution in [3.63, 3.8) is 0 Å². The number of hydrogen-bond acceptors (Lipinski definition) is 5. The van der Waals surface area contributed by atoms with Crippen molar-refractivity contribution < 1.29 is 19.4 Å². The molecule has 0 aliphatic rings. The van der Waals surface area contributed by atoms with Crippen LogP contribution in [-0.4, -0.2) is 30.1 Å². The molecule has 6 nitrogen and oxygen atoms in total. The van der Waals surface area contributed by atoms with Crippen molar-refractivity contribution in [1.29, 1.82) is 0 Å². The number of rotatable bonds is 4. The molecule has 1 aromatic carbocycles. The summed E-state index contributed by atoms with van der Waals surface area (Å²) in [7, 11) is 2.58. The van der Waals surface area contributed by atoms with Crippen LogP contribution in [0, 0.1) is 0 Å². The fourth-order valence-electron chi connectivity index (χ4n) is 1.84. The van der Waals surface area contributed by atoms with Gasteiger partial charge in [0.2, 0.25) is 17.4 Å². The van der Waals surface area contributed by atoms with Crippen LogP contribution in [0.1, 0.15) is 15.9 Å². The van der Waals surface area contributed by atoms with Crippen LogP contribution < -0.4 is 15.0 Å². The van der Waals surface area contributed by atoms with Crippen molar-refractivity contribution in [2.45, 2.75) is 0 Å². The van der Waals surface area contributed by atoms with E-state index in [2.05, 4.69) is 4.98 Å². The largest absolute Gasteiger partial charge is 0.503 e. The van der Waals surface area contributed by atoms with Gasteiger partial charge in [0.1, 0.15) is 5.56 Å². The van der Waals surface area contributed by atoms with E-state index < -0.39 is 22.7 Å². The zero-order chi connectivity index (χ0) is 15.6. The maximum Gasteiger partial charge on any atom is 0.266 e. The van der Waals surface area contributed by atoms with Crippen LogP contribution in [0.25, 0.3) is 0 Å². The van der Waals surface area contributed by atoms with E-state index in [-0.39, 0.29) is 17.2 Å². The molecule has 0 bridgehead atoms. The summed E-state index contributed by atoms with van der Waals surface area (Å²) in [5, 5.41) is 10.6. The summed E-state index contributed by atoms with van der Waals surface area (Å²) in [5.74, 6) is -1.40. The lowest BCUT2D eigenvalue weighted by molar-refractivity contribution is 0.103. The van der Waals surface area contributed by atoms with Crippen molar-refractivity contribution in [2.75, 3.05) is 14.2 Å². The Morgan fingerprint density at radius 1 is 1.19 bits per heavy atom. The number of ketones is 1. The first-order valence-corrected chi connectivity index (χ1v) is 6.24. The van der Waals surface area contributed by atoms with Gasteiger partial charge in [-0.25, -0.2) is 0 Å². The lowest BCUT2D eigenvalue weighted by atomic mass is 10.0. The number of nitrogens with one attached hydrogen (secondary N) is 1. The lowest BCUT2D eigenvalue weighted by Crippen LogP contribution is -2.20. The summed E-state index contributed by atoms with van der Waals surface area (Å²) in [5.41, 5.74) is -0.979. The second-order valence-electron chi connectivity index (χ2n) is 4.08. The molecule has 2 N–H and O–H groups in total. The normalized spacial score (nSPS) is 10.2. The summed E-state index contributed by atoms with van der Waals surface area (Å²) in [4.78, 5) is 26.7. The molecular formula is C14H12ClNO5. The number of halogens is 1. The van der Waals surface area contributed by atoms with Gasteiger partial charge in [0.15, 0.2) is 5.75 Å². The molecule has 0 aliphatic carbocycles. The molecule has 0 aliphatic heterocycles. The maximum atomic E-state index is 12.3. The first-order chi connectivity index (χ1) is 9.99. The van der Waals surface area contributed by atoms with E-state index in [0.717, 1.165) is 0 Å². The number of aromatic amines is 1. The average Bonchev–Trinajstić information content (AvgIpc) is 2.47. The first kappa shape index (κ1) is 14.9. The molecule has 0 fully saturated rings. The average molecular weight is 310 g/mol. The molecule has 0 atom stereocenters. The van der Waals surface area contributed by atoms with Crippen molar-refractivity contribution in [2.24, 2.45) is 0 Å². The molecule has 110 valence electrons. The monoisotopic (exact) mass is 309 g/mol. The van der Waals surface area contributed by atoms with Gasteiger partial charge in [-0.15, -0.1) is 0 Å². The summed E-state index contributed by atoms with van der Waals surface area (Å²) < 4.78 is 9.83. The van der Waals surface area contributed by atoms with Crippen molar-refractivity contribution in [3.05, 3.63) is 50.8 Å². The second-order valence-corrected chi connectivity index (χ2v) is 4.52. The Kier molecular flexibility index (Phi) is 4.18. The Balaban J connectivity index is 2.61. The number of carbonyl (C=O) groups excluding carboxylic acids is 1. The molecule has 0 radical (unpaired) electrons. The van der Waals surface area contributed by atoms with E-state index in [1.54, 1.807) is 0 Å². The number of carbonyl (C=O) groups is 1. The molecule has 0 spiro atoms. The van der Waals surface area contributed by atoms with Crippen LogP contribution in [0.5, 0.6) is 17.4 Å². The number of pyridine rings is 1. The summed E-state index contributed by atoms with van der Waals surface area (Å²) in [6.45, 7) is 0. The third kappa shape index (κ3) is 2.71. The van der Waals surface area contributed by atoms with Gasteiger partial charge in [0.05, 0.1) is 14.2 Å². The highest BCUT2D eigenvalue weighted by Crippen LogP contribution is 2.35. The fraction of sp³-hybridized carbons (Fsp3) is 0.143. The molecule has 0 saturated heterocycles. The number of ether oxygens (including phenoxy) is 2.